The Balaban J connectivity index is 0.00000124. The van der Waals surface area contributed by atoms with Crippen molar-refractivity contribution in [2.24, 2.45) is 0 Å². The molecule has 1 saturated heterocycles. The summed E-state index contributed by atoms with van der Waals surface area (Å²) in [4.78, 5) is 0. The molecule has 3 aliphatic rings. The predicted molar refractivity (Wildman–Crippen MR) is 185 cm³/mol. The molecule has 8 bridgehead atoms. The molecule has 2 aliphatic heterocycles. The van der Waals surface area contributed by atoms with E-state index in [2.05, 4.69) is 17.4 Å². The van der Waals surface area contributed by atoms with Gasteiger partial charge in [0.15, 0.2) is 0 Å². The van der Waals surface area contributed by atoms with Crippen molar-refractivity contribution in [3.8, 4) is 23.0 Å². The van der Waals surface area contributed by atoms with Crippen LogP contribution in [0.4, 0.5) is 0 Å². The molecule has 2 unspecified atom stereocenters. The maximum absolute atomic E-state index is 11.6. The number of benzene rings is 4. The van der Waals surface area contributed by atoms with E-state index >= 15 is 0 Å². The second-order valence-corrected chi connectivity index (χ2v) is 14.1. The second-order valence-electron chi connectivity index (χ2n) is 11.8. The molecular formula is C38H36Cl2N2O4Pd-2. The number of halogens is 2. The number of phenols is 2. The van der Waals surface area contributed by atoms with E-state index in [1.54, 1.807) is 6.20 Å². The number of nitrogens with zero attached hydrogens (tertiary/aromatic N) is 2. The number of piperidine rings is 1. The van der Waals surface area contributed by atoms with E-state index < -0.39 is 6.23 Å². The Labute approximate surface area is 292 Å². The summed E-state index contributed by atoms with van der Waals surface area (Å²) in [6.45, 7) is 0.807. The van der Waals surface area contributed by atoms with Gasteiger partial charge in [-0.05, 0) is 50.9 Å². The molecule has 6 nitrogen and oxygen atoms in total. The number of fused-ring (bicyclic) bond motifs is 8. The molecule has 9 heteroatoms. The van der Waals surface area contributed by atoms with Gasteiger partial charge in [0.25, 0.3) is 0 Å². The van der Waals surface area contributed by atoms with Crippen molar-refractivity contribution in [1.82, 2.24) is 0 Å². The van der Waals surface area contributed by atoms with Crippen LogP contribution in [0.25, 0.3) is 10.6 Å². The van der Waals surface area contributed by atoms with Gasteiger partial charge in [0.05, 0.1) is 6.23 Å². The average molecular weight is 762 g/mol. The van der Waals surface area contributed by atoms with Crippen LogP contribution in [0, 0.1) is 0 Å². The number of rotatable bonds is 4. The molecule has 4 aromatic rings. The van der Waals surface area contributed by atoms with Gasteiger partial charge in [-0.3, -0.25) is 0 Å². The molecule has 0 saturated carbocycles. The summed E-state index contributed by atoms with van der Waals surface area (Å²) >= 11 is -0.106. The van der Waals surface area contributed by atoms with Crippen LogP contribution in [0.5, 0.6) is 23.0 Å². The fourth-order valence-electron chi connectivity index (χ4n) is 6.39. The van der Waals surface area contributed by atoms with Crippen molar-refractivity contribution >= 4 is 19.1 Å². The van der Waals surface area contributed by atoms with Gasteiger partial charge in [0.1, 0.15) is 23.0 Å². The standard InChI is InChI=1S/C38H36N2O4.2ClH.Pd/c41-35-25-9-5-11-27(35)23-31-15-8-16-32(38(31)44-34-18-2-4-20-40-34)24-28-12-6-10-26(36(28)42)22-30-14-7-13-29(21-25)37(30)43-33-17-1-3-19-39-33;;;/h1,3,5-17,19,33-34,41-42H,2,4,18,20-24H2;2*1H;/q-2;;;+2/p-2. The average Bonchev–Trinajstić information content (AvgIpc) is 3.08. The van der Waals surface area contributed by atoms with Crippen molar-refractivity contribution < 1.29 is 35.6 Å². The molecule has 7 rings (SSSR count). The summed E-state index contributed by atoms with van der Waals surface area (Å²) in [5, 5.41) is 32.5. The third-order valence-electron chi connectivity index (χ3n) is 8.68. The van der Waals surface area contributed by atoms with Crippen molar-refractivity contribution in [3.63, 3.8) is 0 Å². The van der Waals surface area contributed by atoms with E-state index in [1.165, 1.54) is 0 Å². The molecule has 2 heterocycles. The number of ether oxygens (including phenoxy) is 2. The summed E-state index contributed by atoms with van der Waals surface area (Å²) in [7, 11) is 9.63. The minimum atomic E-state index is -0.454. The topological polar surface area (TPSA) is 87.1 Å². The maximum atomic E-state index is 11.6. The molecule has 1 fully saturated rings. The minimum absolute atomic E-state index is 0.106. The molecule has 1 aliphatic carbocycles. The van der Waals surface area contributed by atoms with Crippen LogP contribution in [-0.2, 0) is 41.6 Å². The van der Waals surface area contributed by atoms with Gasteiger partial charge in [0, 0.05) is 31.9 Å². The summed E-state index contributed by atoms with van der Waals surface area (Å²) in [6.07, 6.45) is 11.8. The first-order chi connectivity index (χ1) is 23.0. The van der Waals surface area contributed by atoms with E-state index in [0.717, 1.165) is 81.8 Å². The summed E-state index contributed by atoms with van der Waals surface area (Å²) < 4.78 is 13.2. The zero-order chi connectivity index (χ0) is 32.6. The number of aromatic hydroxyl groups is 2. The first-order valence-electron chi connectivity index (χ1n) is 15.7. The van der Waals surface area contributed by atoms with Crippen LogP contribution in [0.15, 0.2) is 97.2 Å². The van der Waals surface area contributed by atoms with Gasteiger partial charge < -0.3 is 30.3 Å². The van der Waals surface area contributed by atoms with Crippen LogP contribution in [0.3, 0.4) is 0 Å². The van der Waals surface area contributed by atoms with Gasteiger partial charge in [0.2, 0.25) is 0 Å². The SMILES string of the molecule is Oc1c2cccc1Cc1cccc(c1OC1CCCC[N-]1)Cc1cccc(c1O)Cc1cccc(c1OC1C=CC=C[N-]1)C2.[Cl][Pd][Cl]. The normalized spacial score (nSPS) is 18.4. The number of allylic oxidation sites excluding steroid dienone is 2. The van der Waals surface area contributed by atoms with Crippen molar-refractivity contribution in [3.05, 3.63) is 152 Å². The van der Waals surface area contributed by atoms with Crippen LogP contribution in [-0.4, -0.2) is 29.2 Å². The van der Waals surface area contributed by atoms with Gasteiger partial charge in [-0.25, -0.2) is 0 Å². The molecule has 0 amide bonds. The number of phenolic OH excluding ortho intramolecular Hbond substituents is 2. The predicted octanol–water partition coefficient (Wildman–Crippen LogP) is 9.58. The van der Waals surface area contributed by atoms with Crippen molar-refractivity contribution in [2.75, 3.05) is 6.54 Å². The number of para-hydroxylation sites is 4. The summed E-state index contributed by atoms with van der Waals surface area (Å²) in [6, 6.07) is 24.2. The third kappa shape index (κ3) is 8.17. The Morgan fingerprint density at radius 1 is 0.617 bits per heavy atom. The number of hydrogen-bond acceptors (Lipinski definition) is 4. The first kappa shape index (κ1) is 33.5. The zero-order valence-electron chi connectivity index (χ0n) is 25.7. The molecule has 0 aromatic heterocycles. The van der Waals surface area contributed by atoms with E-state index in [4.69, 9.17) is 33.8 Å². The summed E-state index contributed by atoms with van der Waals surface area (Å²) in [5.74, 6) is 2.08. The van der Waals surface area contributed by atoms with Gasteiger partial charge in [-0.2, -0.15) is 6.20 Å². The van der Waals surface area contributed by atoms with Crippen LogP contribution in [0.1, 0.15) is 63.8 Å². The fourth-order valence-corrected chi connectivity index (χ4v) is 6.39. The molecule has 2 N–H and O–H groups in total. The van der Waals surface area contributed by atoms with E-state index in [9.17, 15) is 10.2 Å². The Kier molecular flexibility index (Phi) is 11.5. The van der Waals surface area contributed by atoms with Gasteiger partial charge in [-0.1, -0.05) is 104 Å². The van der Waals surface area contributed by atoms with Crippen molar-refractivity contribution in [2.45, 2.75) is 57.4 Å². The Morgan fingerprint density at radius 3 is 1.47 bits per heavy atom. The van der Waals surface area contributed by atoms with Crippen LogP contribution in [0.2, 0.25) is 0 Å². The molecule has 4 aromatic carbocycles. The molecular weight excluding hydrogens is 726 g/mol. The molecule has 0 radical (unpaired) electrons. The van der Waals surface area contributed by atoms with Gasteiger partial charge in [-0.15, -0.1) is 6.54 Å². The van der Waals surface area contributed by atoms with E-state index in [1.807, 2.05) is 78.9 Å². The van der Waals surface area contributed by atoms with Gasteiger partial charge >= 0.3 is 35.0 Å². The summed E-state index contributed by atoms with van der Waals surface area (Å²) in [5.41, 5.74) is 7.16. The number of hydrogen-bond donors (Lipinski definition) is 2. The second kappa shape index (κ2) is 16.1. The van der Waals surface area contributed by atoms with Crippen LogP contribution >= 0.6 is 19.1 Å². The molecule has 248 valence electrons. The zero-order valence-corrected chi connectivity index (χ0v) is 28.8. The van der Waals surface area contributed by atoms with Crippen LogP contribution < -0.4 is 9.47 Å². The third-order valence-corrected chi connectivity index (χ3v) is 8.68. The first-order valence-corrected chi connectivity index (χ1v) is 19.7. The molecule has 47 heavy (non-hydrogen) atoms. The quantitative estimate of drug-likeness (QED) is 0.179. The van der Waals surface area contributed by atoms with Crippen molar-refractivity contribution in [1.29, 1.82) is 0 Å². The Morgan fingerprint density at radius 2 is 1.06 bits per heavy atom. The Hall–Kier alpha value is -3.44. The molecule has 0 spiro atoms. The Bertz CT molecular complexity index is 1660. The molecule has 2 atom stereocenters. The monoisotopic (exact) mass is 760 g/mol. The van der Waals surface area contributed by atoms with E-state index in [0.29, 0.717) is 25.7 Å². The van der Waals surface area contributed by atoms with E-state index in [-0.39, 0.29) is 33.7 Å². The fraction of sp³-hybridized carbons (Fsp3) is 0.263.